The third-order valence-electron chi connectivity index (χ3n) is 17.5. The molecule has 6 heteroatoms. The number of carbonyl (C=O) groups excluding carboxylic acids is 3. The third kappa shape index (κ3) is 70.5. The molecule has 490 valence electrons. The van der Waals surface area contributed by atoms with Crippen LogP contribution in [0.1, 0.15) is 432 Å². The van der Waals surface area contributed by atoms with E-state index < -0.39 is 6.10 Å². The Morgan fingerprint density at radius 3 is 0.663 bits per heavy atom. The average molecular weight is 1170 g/mol. The normalized spacial score (nSPS) is 12.1. The fourth-order valence-corrected chi connectivity index (χ4v) is 11.8. The molecule has 1 unspecified atom stereocenters. The standard InChI is InChI=1S/C77H146O6/c1-4-7-10-13-16-18-20-22-24-26-28-30-32-33-34-35-36-37-38-39-40-41-42-43-45-46-48-50-52-54-56-58-61-64-67-70-76(79)82-73-74(72-81-75(78)69-66-63-60-15-12-9-6-3)83-77(80)71-68-65-62-59-57-55-53-51-49-47-44-31-29-27-25-23-21-19-17-14-11-8-5-2/h21,23,27,29,74H,4-20,22,24-26,28,30-73H2,1-3H3/b23-21-,29-27-. The smallest absolute Gasteiger partial charge is 0.306 e. The number of carbonyl (C=O) groups is 3. The Kier molecular flexibility index (Phi) is 70.5. The number of rotatable bonds is 71. The van der Waals surface area contributed by atoms with Gasteiger partial charge in [0.15, 0.2) is 6.10 Å². The number of allylic oxidation sites excluding steroid dienone is 4. The second-order valence-electron chi connectivity index (χ2n) is 25.9. The zero-order chi connectivity index (χ0) is 59.9. The lowest BCUT2D eigenvalue weighted by Gasteiger charge is -2.18. The molecule has 0 saturated heterocycles. The third-order valence-corrected chi connectivity index (χ3v) is 17.5. The van der Waals surface area contributed by atoms with Gasteiger partial charge in [-0.3, -0.25) is 14.4 Å². The molecule has 0 aromatic rings. The summed E-state index contributed by atoms with van der Waals surface area (Å²) >= 11 is 0. The van der Waals surface area contributed by atoms with Gasteiger partial charge in [0.2, 0.25) is 0 Å². The summed E-state index contributed by atoms with van der Waals surface area (Å²) in [5, 5.41) is 0. The number of esters is 3. The predicted molar refractivity (Wildman–Crippen MR) is 363 cm³/mol. The molecule has 0 N–H and O–H groups in total. The van der Waals surface area contributed by atoms with Crippen molar-refractivity contribution in [3.63, 3.8) is 0 Å². The molecule has 0 radical (unpaired) electrons. The van der Waals surface area contributed by atoms with Crippen LogP contribution in [0.5, 0.6) is 0 Å². The Labute approximate surface area is 519 Å². The van der Waals surface area contributed by atoms with Gasteiger partial charge in [0.1, 0.15) is 13.2 Å². The maximum absolute atomic E-state index is 12.9. The first-order valence-electron chi connectivity index (χ1n) is 37.8. The summed E-state index contributed by atoms with van der Waals surface area (Å²) in [5.74, 6) is -0.846. The lowest BCUT2D eigenvalue weighted by atomic mass is 10.0. The van der Waals surface area contributed by atoms with Crippen LogP contribution in [0.4, 0.5) is 0 Å². The molecule has 0 aliphatic carbocycles. The van der Waals surface area contributed by atoms with Crippen molar-refractivity contribution >= 4 is 17.9 Å². The minimum absolute atomic E-state index is 0.0662. The molecule has 0 heterocycles. The van der Waals surface area contributed by atoms with Crippen molar-refractivity contribution in [2.75, 3.05) is 13.2 Å². The SMILES string of the molecule is CCCCCCC/C=C\C/C=C\CCCCCCCCCCCCCC(=O)OC(COC(=O)CCCCCCCCC)COC(=O)CCCCCCCCCCCCCCCCCCCCCCCCCCCCCCCCCCCCC. The Bertz CT molecular complexity index is 1340. The highest BCUT2D eigenvalue weighted by molar-refractivity contribution is 5.71. The Morgan fingerprint density at radius 1 is 0.241 bits per heavy atom. The first kappa shape index (κ1) is 80.9. The molecule has 0 saturated carbocycles. The van der Waals surface area contributed by atoms with Crippen molar-refractivity contribution in [1.29, 1.82) is 0 Å². The van der Waals surface area contributed by atoms with Crippen LogP contribution in [0.3, 0.4) is 0 Å². The minimum Gasteiger partial charge on any atom is -0.462 e. The quantitative estimate of drug-likeness (QED) is 0.0261. The van der Waals surface area contributed by atoms with Crippen LogP contribution in [-0.2, 0) is 28.6 Å². The largest absolute Gasteiger partial charge is 0.462 e. The summed E-state index contributed by atoms with van der Waals surface area (Å²) in [6, 6.07) is 0. The van der Waals surface area contributed by atoms with E-state index in [9.17, 15) is 14.4 Å². The second kappa shape index (κ2) is 72.4. The molecule has 0 spiro atoms. The first-order valence-corrected chi connectivity index (χ1v) is 37.8. The summed E-state index contributed by atoms with van der Waals surface area (Å²) in [6.07, 6.45) is 89.9. The second-order valence-corrected chi connectivity index (χ2v) is 25.9. The fraction of sp³-hybridized carbons (Fsp3) is 0.909. The van der Waals surface area contributed by atoms with Gasteiger partial charge in [0.05, 0.1) is 0 Å². The van der Waals surface area contributed by atoms with Crippen molar-refractivity contribution in [3.05, 3.63) is 24.3 Å². The molecule has 1 atom stereocenters. The van der Waals surface area contributed by atoms with Gasteiger partial charge < -0.3 is 14.2 Å². The summed E-state index contributed by atoms with van der Waals surface area (Å²) in [6.45, 7) is 6.67. The van der Waals surface area contributed by atoms with Crippen LogP contribution < -0.4 is 0 Å². The minimum atomic E-state index is -0.768. The van der Waals surface area contributed by atoms with Gasteiger partial charge in [-0.15, -0.1) is 0 Å². The molecule has 6 nitrogen and oxygen atoms in total. The molecule has 0 aromatic heterocycles. The molecule has 83 heavy (non-hydrogen) atoms. The van der Waals surface area contributed by atoms with Crippen molar-refractivity contribution in [2.45, 2.75) is 438 Å². The number of hydrogen-bond donors (Lipinski definition) is 0. The zero-order valence-electron chi connectivity index (χ0n) is 56.5. The maximum Gasteiger partial charge on any atom is 0.306 e. The Morgan fingerprint density at radius 2 is 0.434 bits per heavy atom. The molecule has 0 aromatic carbocycles. The van der Waals surface area contributed by atoms with E-state index in [1.807, 2.05) is 0 Å². The molecule has 0 bridgehead atoms. The van der Waals surface area contributed by atoms with E-state index in [0.717, 1.165) is 64.2 Å². The molecule has 0 aliphatic heterocycles. The summed E-state index contributed by atoms with van der Waals surface area (Å²) in [7, 11) is 0. The molecular formula is C77H146O6. The van der Waals surface area contributed by atoms with E-state index in [1.165, 1.54) is 327 Å². The van der Waals surface area contributed by atoms with Crippen molar-refractivity contribution in [1.82, 2.24) is 0 Å². The van der Waals surface area contributed by atoms with Crippen LogP contribution in [0.25, 0.3) is 0 Å². The zero-order valence-corrected chi connectivity index (χ0v) is 56.5. The maximum atomic E-state index is 12.9. The molecule has 0 aliphatic rings. The van der Waals surface area contributed by atoms with Gasteiger partial charge in [-0.05, 0) is 51.4 Å². The van der Waals surface area contributed by atoms with E-state index in [1.54, 1.807) is 0 Å². The lowest BCUT2D eigenvalue weighted by Crippen LogP contribution is -2.30. The van der Waals surface area contributed by atoms with E-state index >= 15 is 0 Å². The summed E-state index contributed by atoms with van der Waals surface area (Å²) in [4.78, 5) is 38.2. The average Bonchev–Trinajstić information content (AvgIpc) is 3.50. The van der Waals surface area contributed by atoms with Crippen LogP contribution in [0, 0.1) is 0 Å². The van der Waals surface area contributed by atoms with Gasteiger partial charge >= 0.3 is 17.9 Å². The van der Waals surface area contributed by atoms with E-state index in [-0.39, 0.29) is 31.1 Å². The highest BCUT2D eigenvalue weighted by Crippen LogP contribution is 2.20. The van der Waals surface area contributed by atoms with E-state index in [4.69, 9.17) is 14.2 Å². The van der Waals surface area contributed by atoms with Crippen LogP contribution >= 0.6 is 0 Å². The van der Waals surface area contributed by atoms with Crippen LogP contribution in [0.2, 0.25) is 0 Å². The van der Waals surface area contributed by atoms with Gasteiger partial charge in [-0.1, -0.05) is 385 Å². The van der Waals surface area contributed by atoms with E-state index in [2.05, 4.69) is 45.1 Å². The lowest BCUT2D eigenvalue weighted by molar-refractivity contribution is -0.167. The van der Waals surface area contributed by atoms with Crippen LogP contribution in [-0.4, -0.2) is 37.2 Å². The monoisotopic (exact) mass is 1170 g/mol. The molecule has 0 fully saturated rings. The molecule has 0 rings (SSSR count). The van der Waals surface area contributed by atoms with Gasteiger partial charge in [0.25, 0.3) is 0 Å². The summed E-state index contributed by atoms with van der Waals surface area (Å²) < 4.78 is 16.9. The van der Waals surface area contributed by atoms with Gasteiger partial charge in [0, 0.05) is 19.3 Å². The van der Waals surface area contributed by atoms with Gasteiger partial charge in [-0.2, -0.15) is 0 Å². The van der Waals surface area contributed by atoms with Gasteiger partial charge in [-0.25, -0.2) is 0 Å². The highest BCUT2D eigenvalue weighted by Gasteiger charge is 2.20. The van der Waals surface area contributed by atoms with Crippen molar-refractivity contribution in [3.8, 4) is 0 Å². The highest BCUT2D eigenvalue weighted by atomic mass is 16.6. The van der Waals surface area contributed by atoms with E-state index in [0.29, 0.717) is 19.3 Å². The van der Waals surface area contributed by atoms with Crippen molar-refractivity contribution in [2.24, 2.45) is 0 Å². The fourth-order valence-electron chi connectivity index (χ4n) is 11.8. The number of ether oxygens (including phenoxy) is 3. The summed E-state index contributed by atoms with van der Waals surface area (Å²) in [5.41, 5.74) is 0. The molecule has 0 amide bonds. The first-order chi connectivity index (χ1) is 41.0. The van der Waals surface area contributed by atoms with Crippen molar-refractivity contribution < 1.29 is 28.6 Å². The Balaban J connectivity index is 3.93. The Hall–Kier alpha value is -2.11. The number of unbranched alkanes of at least 4 members (excludes halogenated alkanes) is 56. The topological polar surface area (TPSA) is 78.9 Å². The molecular weight excluding hydrogens is 1020 g/mol. The number of hydrogen-bond acceptors (Lipinski definition) is 6. The predicted octanol–water partition coefficient (Wildman–Crippen LogP) is 26.1. The van der Waals surface area contributed by atoms with Crippen LogP contribution in [0.15, 0.2) is 24.3 Å².